The first-order chi connectivity index (χ1) is 13.5. The van der Waals surface area contributed by atoms with E-state index in [1.165, 1.54) is 19.1 Å². The molecular weight excluding hydrogens is 425 g/mol. The van der Waals surface area contributed by atoms with E-state index in [0.29, 0.717) is 5.76 Å². The van der Waals surface area contributed by atoms with Gasteiger partial charge in [-0.15, -0.1) is 0 Å². The molecular formula is C17H20FN3O6S2. The van der Waals surface area contributed by atoms with Crippen molar-refractivity contribution in [2.75, 3.05) is 23.4 Å². The molecule has 1 aliphatic heterocycles. The second-order valence-corrected chi connectivity index (χ2v) is 11.3. The minimum atomic E-state index is -4.07. The minimum absolute atomic E-state index is 0.138. The van der Waals surface area contributed by atoms with Gasteiger partial charge < -0.3 is 15.2 Å². The Morgan fingerprint density at radius 2 is 2.00 bits per heavy atom. The standard InChI is InChI=1S/C17H20FN3O6S2/c1-10-5-12(3-4-13(10)18)29(25,26)15-9-28(23,24)8-14(15)19-7-17(22)20-16-6-11(2)27-21-16/h3-6,14-15,19H,7-9H2,1-2H3,(H,20,21,22)/t14-,15-/m0/s1. The van der Waals surface area contributed by atoms with E-state index in [1.54, 1.807) is 6.92 Å². The third kappa shape index (κ3) is 4.82. The molecule has 12 heteroatoms. The van der Waals surface area contributed by atoms with Gasteiger partial charge in [0.1, 0.15) is 11.6 Å². The Morgan fingerprint density at radius 3 is 2.62 bits per heavy atom. The molecule has 9 nitrogen and oxygen atoms in total. The van der Waals surface area contributed by atoms with Gasteiger partial charge in [-0.25, -0.2) is 21.2 Å². The summed E-state index contributed by atoms with van der Waals surface area (Å²) in [6, 6.07) is 3.83. The summed E-state index contributed by atoms with van der Waals surface area (Å²) < 4.78 is 68.5. The Labute approximate surface area is 167 Å². The molecule has 2 aromatic rings. The zero-order valence-corrected chi connectivity index (χ0v) is 17.3. The van der Waals surface area contributed by atoms with Gasteiger partial charge in [0.15, 0.2) is 25.5 Å². The minimum Gasteiger partial charge on any atom is -0.360 e. The number of carbonyl (C=O) groups is 1. The molecule has 2 N–H and O–H groups in total. The molecule has 1 aromatic carbocycles. The van der Waals surface area contributed by atoms with Crippen molar-refractivity contribution in [2.24, 2.45) is 0 Å². The topological polar surface area (TPSA) is 135 Å². The molecule has 1 saturated heterocycles. The van der Waals surface area contributed by atoms with Gasteiger partial charge in [-0.1, -0.05) is 5.16 Å². The molecule has 2 atom stereocenters. The molecule has 3 rings (SSSR count). The van der Waals surface area contributed by atoms with Gasteiger partial charge in [0, 0.05) is 12.1 Å². The van der Waals surface area contributed by atoms with E-state index in [9.17, 15) is 26.0 Å². The van der Waals surface area contributed by atoms with Crippen LogP contribution in [0.15, 0.2) is 33.7 Å². The number of benzene rings is 1. The first kappa shape index (κ1) is 21.4. The third-order valence-corrected chi connectivity index (χ3v) is 8.73. The summed E-state index contributed by atoms with van der Waals surface area (Å²) >= 11 is 0. The number of aryl methyl sites for hydroxylation is 2. The molecule has 1 aromatic heterocycles. The van der Waals surface area contributed by atoms with Crippen LogP contribution < -0.4 is 10.6 Å². The van der Waals surface area contributed by atoms with Gasteiger partial charge in [0.2, 0.25) is 5.91 Å². The van der Waals surface area contributed by atoms with Gasteiger partial charge in [-0.05, 0) is 37.6 Å². The Hall–Kier alpha value is -2.31. The van der Waals surface area contributed by atoms with Gasteiger partial charge in [0.05, 0.1) is 28.2 Å². The second kappa shape index (κ2) is 7.84. The number of halogens is 1. The van der Waals surface area contributed by atoms with Gasteiger partial charge >= 0.3 is 0 Å². The van der Waals surface area contributed by atoms with Gasteiger partial charge in [-0.2, -0.15) is 0 Å². The number of sulfone groups is 2. The Balaban J connectivity index is 1.76. The second-order valence-electron chi connectivity index (χ2n) is 6.93. The van der Waals surface area contributed by atoms with Crippen molar-refractivity contribution < 1.29 is 30.5 Å². The average Bonchev–Trinajstić information content (AvgIpc) is 3.17. The molecule has 2 heterocycles. The van der Waals surface area contributed by atoms with Crippen LogP contribution in [0.3, 0.4) is 0 Å². The Kier molecular flexibility index (Phi) is 5.79. The molecule has 0 radical (unpaired) electrons. The molecule has 29 heavy (non-hydrogen) atoms. The van der Waals surface area contributed by atoms with Crippen molar-refractivity contribution in [1.29, 1.82) is 0 Å². The summed E-state index contributed by atoms with van der Waals surface area (Å²) in [7, 11) is -7.70. The van der Waals surface area contributed by atoms with E-state index >= 15 is 0 Å². The number of amides is 1. The number of carbonyl (C=O) groups excluding carboxylic acids is 1. The fraction of sp³-hybridized carbons (Fsp3) is 0.412. The SMILES string of the molecule is Cc1cc(NC(=O)CN[C@H]2CS(=O)(=O)C[C@@H]2S(=O)(=O)c2ccc(F)c(C)c2)no1. The van der Waals surface area contributed by atoms with Crippen LogP contribution in [-0.4, -0.2) is 57.2 Å². The van der Waals surface area contributed by atoms with Crippen LogP contribution in [0.1, 0.15) is 11.3 Å². The van der Waals surface area contributed by atoms with E-state index in [1.807, 2.05) is 0 Å². The summed E-state index contributed by atoms with van der Waals surface area (Å²) in [6.07, 6.45) is 0. The first-order valence-corrected chi connectivity index (χ1v) is 12.0. The lowest BCUT2D eigenvalue weighted by Crippen LogP contribution is -2.46. The number of aromatic nitrogens is 1. The van der Waals surface area contributed by atoms with Crippen molar-refractivity contribution in [2.45, 2.75) is 30.0 Å². The van der Waals surface area contributed by atoms with Crippen LogP contribution in [0, 0.1) is 19.7 Å². The highest BCUT2D eigenvalue weighted by atomic mass is 32.2. The van der Waals surface area contributed by atoms with E-state index in [-0.39, 0.29) is 22.8 Å². The predicted octanol–water partition coefficient (Wildman–Crippen LogP) is 0.598. The molecule has 0 bridgehead atoms. The zero-order chi connectivity index (χ0) is 21.4. The van der Waals surface area contributed by atoms with Crippen LogP contribution in [0.25, 0.3) is 0 Å². The van der Waals surface area contributed by atoms with Crippen LogP contribution in [0.5, 0.6) is 0 Å². The molecule has 1 fully saturated rings. The number of anilines is 1. The number of rotatable bonds is 6. The van der Waals surface area contributed by atoms with Crippen LogP contribution in [-0.2, 0) is 24.5 Å². The smallest absolute Gasteiger partial charge is 0.239 e. The normalized spacial score (nSPS) is 21.2. The van der Waals surface area contributed by atoms with Gasteiger partial charge in [0.25, 0.3) is 0 Å². The number of nitrogens with one attached hydrogen (secondary N) is 2. The highest BCUT2D eigenvalue weighted by molar-refractivity contribution is 7.96. The third-order valence-electron chi connectivity index (χ3n) is 4.58. The molecule has 0 saturated carbocycles. The van der Waals surface area contributed by atoms with Crippen molar-refractivity contribution in [3.8, 4) is 0 Å². The van der Waals surface area contributed by atoms with Crippen LogP contribution >= 0.6 is 0 Å². The maximum atomic E-state index is 13.5. The van der Waals surface area contributed by atoms with Crippen LogP contribution in [0.4, 0.5) is 10.2 Å². The summed E-state index contributed by atoms with van der Waals surface area (Å²) in [4.78, 5) is 11.9. The fourth-order valence-electron chi connectivity index (χ4n) is 3.12. The highest BCUT2D eigenvalue weighted by Crippen LogP contribution is 2.27. The Morgan fingerprint density at radius 1 is 1.28 bits per heavy atom. The summed E-state index contributed by atoms with van der Waals surface area (Å²) in [5.74, 6) is -1.40. The van der Waals surface area contributed by atoms with Gasteiger partial charge in [-0.3, -0.25) is 4.79 Å². The van der Waals surface area contributed by atoms with E-state index in [0.717, 1.165) is 12.1 Å². The number of nitrogens with zero attached hydrogens (tertiary/aromatic N) is 1. The molecule has 1 aliphatic rings. The van der Waals surface area contributed by atoms with Crippen molar-refractivity contribution in [3.63, 3.8) is 0 Å². The van der Waals surface area contributed by atoms with E-state index in [2.05, 4.69) is 15.8 Å². The van der Waals surface area contributed by atoms with Crippen LogP contribution in [0.2, 0.25) is 0 Å². The zero-order valence-electron chi connectivity index (χ0n) is 15.7. The van der Waals surface area contributed by atoms with Crippen molar-refractivity contribution in [3.05, 3.63) is 41.4 Å². The molecule has 0 unspecified atom stereocenters. The van der Waals surface area contributed by atoms with E-state index in [4.69, 9.17) is 4.52 Å². The molecule has 158 valence electrons. The van der Waals surface area contributed by atoms with Crippen molar-refractivity contribution in [1.82, 2.24) is 10.5 Å². The highest BCUT2D eigenvalue weighted by Gasteiger charge is 2.45. The quantitative estimate of drug-likeness (QED) is 0.617. The maximum absolute atomic E-state index is 13.5. The average molecular weight is 445 g/mol. The van der Waals surface area contributed by atoms with E-state index < -0.39 is 54.2 Å². The Bertz CT molecular complexity index is 1140. The lowest BCUT2D eigenvalue weighted by Gasteiger charge is -2.20. The monoisotopic (exact) mass is 445 g/mol. The molecule has 0 spiro atoms. The first-order valence-electron chi connectivity index (χ1n) is 8.65. The fourth-order valence-corrected chi connectivity index (χ4v) is 7.92. The largest absolute Gasteiger partial charge is 0.360 e. The van der Waals surface area contributed by atoms with Crippen molar-refractivity contribution >= 4 is 31.4 Å². The summed E-state index contributed by atoms with van der Waals surface area (Å²) in [5.41, 5.74) is 0.138. The lowest BCUT2D eigenvalue weighted by molar-refractivity contribution is -0.115. The predicted molar refractivity (Wildman–Crippen MR) is 102 cm³/mol. The molecule has 0 aliphatic carbocycles. The lowest BCUT2D eigenvalue weighted by atomic mass is 10.2. The summed E-state index contributed by atoms with van der Waals surface area (Å²) in [5, 5.41) is 7.49. The molecule has 1 amide bonds. The number of hydrogen-bond acceptors (Lipinski definition) is 8. The summed E-state index contributed by atoms with van der Waals surface area (Å²) in [6.45, 7) is 2.75. The maximum Gasteiger partial charge on any atom is 0.239 e. The number of hydrogen-bond donors (Lipinski definition) is 2.